The average molecular weight is 325 g/mol. The van der Waals surface area contributed by atoms with Crippen LogP contribution in [0.2, 0.25) is 0 Å². The zero-order valence-electron chi connectivity index (χ0n) is 14.1. The van der Waals surface area contributed by atoms with Crippen molar-refractivity contribution in [1.29, 1.82) is 0 Å². The Labute approximate surface area is 142 Å². The highest BCUT2D eigenvalue weighted by Gasteiger charge is 2.18. The summed E-state index contributed by atoms with van der Waals surface area (Å²) in [5.74, 6) is 2.48. The Morgan fingerprint density at radius 2 is 1.83 bits per heavy atom. The van der Waals surface area contributed by atoms with Crippen molar-refractivity contribution in [3.05, 3.63) is 47.8 Å². The number of aryl methyl sites for hydroxylation is 1. The first kappa shape index (κ1) is 16.2. The van der Waals surface area contributed by atoms with Gasteiger partial charge in [-0.1, -0.05) is 30.3 Å². The van der Waals surface area contributed by atoms with E-state index >= 15 is 0 Å². The van der Waals surface area contributed by atoms with Gasteiger partial charge in [-0.3, -0.25) is 4.79 Å². The Bertz CT molecular complexity index is 683. The maximum Gasteiger partial charge on any atom is 0.209 e. The number of rotatable bonds is 5. The summed E-state index contributed by atoms with van der Waals surface area (Å²) in [4.78, 5) is 23.9. The van der Waals surface area contributed by atoms with E-state index in [4.69, 9.17) is 0 Å². The minimum Gasteiger partial charge on any atom is -0.363 e. The molecular weight excluding hydrogens is 302 g/mol. The predicted molar refractivity (Wildman–Crippen MR) is 95.1 cm³/mol. The Morgan fingerprint density at radius 3 is 2.50 bits per heavy atom. The summed E-state index contributed by atoms with van der Waals surface area (Å²) < 4.78 is 0. The van der Waals surface area contributed by atoms with Crippen molar-refractivity contribution in [2.45, 2.75) is 19.9 Å². The lowest BCUT2D eigenvalue weighted by molar-refractivity contribution is -0.118. The van der Waals surface area contributed by atoms with Gasteiger partial charge < -0.3 is 15.1 Å². The van der Waals surface area contributed by atoms with Crippen molar-refractivity contribution in [2.24, 2.45) is 0 Å². The first-order valence-electron chi connectivity index (χ1n) is 8.27. The van der Waals surface area contributed by atoms with E-state index in [0.29, 0.717) is 0 Å². The van der Waals surface area contributed by atoms with Crippen LogP contribution >= 0.6 is 0 Å². The van der Waals surface area contributed by atoms with Crippen LogP contribution in [0.15, 0.2) is 36.4 Å². The fourth-order valence-electron chi connectivity index (χ4n) is 2.89. The molecule has 0 spiro atoms. The number of carbonyl (C=O) groups excluding carboxylic acids is 1. The number of benzene rings is 1. The Balaban J connectivity index is 1.73. The number of nitrogens with one attached hydrogen (secondary N) is 1. The molecule has 6 heteroatoms. The van der Waals surface area contributed by atoms with Crippen LogP contribution in [0.4, 0.5) is 11.6 Å². The van der Waals surface area contributed by atoms with Gasteiger partial charge in [0.1, 0.15) is 17.5 Å². The van der Waals surface area contributed by atoms with Crippen LogP contribution in [0.5, 0.6) is 0 Å². The lowest BCUT2D eigenvalue weighted by atomic mass is 10.1. The second-order valence-electron chi connectivity index (χ2n) is 6.06. The molecule has 126 valence electrons. The van der Waals surface area contributed by atoms with Crippen LogP contribution in [0.25, 0.3) is 0 Å². The van der Waals surface area contributed by atoms with Crippen molar-refractivity contribution in [3.63, 3.8) is 0 Å². The molecule has 1 amide bonds. The summed E-state index contributed by atoms with van der Waals surface area (Å²) in [7, 11) is 0. The van der Waals surface area contributed by atoms with E-state index in [2.05, 4.69) is 39.2 Å². The van der Waals surface area contributed by atoms with E-state index in [1.54, 1.807) is 4.90 Å². The molecule has 3 rings (SSSR count). The monoisotopic (exact) mass is 325 g/mol. The maximum atomic E-state index is 10.8. The molecule has 1 unspecified atom stereocenters. The summed E-state index contributed by atoms with van der Waals surface area (Å²) >= 11 is 0. The summed E-state index contributed by atoms with van der Waals surface area (Å²) in [6.45, 7) is 7.08. The second-order valence-corrected chi connectivity index (χ2v) is 6.06. The largest absolute Gasteiger partial charge is 0.363 e. The number of carbonyl (C=O) groups is 1. The minimum absolute atomic E-state index is 0.167. The number of hydrogen-bond donors (Lipinski definition) is 1. The van der Waals surface area contributed by atoms with Crippen LogP contribution in [0.1, 0.15) is 24.4 Å². The van der Waals surface area contributed by atoms with Gasteiger partial charge in [0.05, 0.1) is 0 Å². The number of amides is 1. The van der Waals surface area contributed by atoms with E-state index in [1.807, 2.05) is 31.2 Å². The maximum absolute atomic E-state index is 10.8. The smallest absolute Gasteiger partial charge is 0.209 e. The van der Waals surface area contributed by atoms with Gasteiger partial charge >= 0.3 is 0 Å². The topological polar surface area (TPSA) is 61.4 Å². The van der Waals surface area contributed by atoms with E-state index in [1.165, 1.54) is 5.56 Å². The van der Waals surface area contributed by atoms with Crippen LogP contribution in [-0.4, -0.2) is 47.5 Å². The number of hydrogen-bond acceptors (Lipinski definition) is 5. The second kappa shape index (κ2) is 7.29. The molecule has 1 aliphatic heterocycles. The zero-order chi connectivity index (χ0) is 16.9. The van der Waals surface area contributed by atoms with Gasteiger partial charge in [0.2, 0.25) is 6.41 Å². The molecule has 1 aromatic heterocycles. The Kier molecular flexibility index (Phi) is 4.93. The molecular formula is C18H23N5O. The summed E-state index contributed by atoms with van der Waals surface area (Å²) in [6, 6.07) is 12.5. The van der Waals surface area contributed by atoms with Crippen LogP contribution in [0, 0.1) is 6.92 Å². The quantitative estimate of drug-likeness (QED) is 0.854. The van der Waals surface area contributed by atoms with E-state index < -0.39 is 0 Å². The highest BCUT2D eigenvalue weighted by Crippen LogP contribution is 2.22. The summed E-state index contributed by atoms with van der Waals surface area (Å²) in [6.07, 6.45) is 0.914. The molecule has 2 aromatic rings. The number of aromatic nitrogens is 2. The minimum atomic E-state index is 0.167. The molecule has 1 saturated heterocycles. The summed E-state index contributed by atoms with van der Waals surface area (Å²) in [5, 5.41) is 3.45. The average Bonchev–Trinajstić information content (AvgIpc) is 2.62. The van der Waals surface area contributed by atoms with Crippen molar-refractivity contribution in [2.75, 3.05) is 36.4 Å². The van der Waals surface area contributed by atoms with E-state index in [-0.39, 0.29) is 6.04 Å². The molecule has 1 aromatic carbocycles. The number of anilines is 2. The van der Waals surface area contributed by atoms with Crippen molar-refractivity contribution >= 4 is 18.0 Å². The van der Waals surface area contributed by atoms with E-state index in [9.17, 15) is 4.79 Å². The van der Waals surface area contributed by atoms with Gasteiger partial charge in [-0.2, -0.15) is 0 Å². The Morgan fingerprint density at radius 1 is 1.12 bits per heavy atom. The molecule has 1 atom stereocenters. The van der Waals surface area contributed by atoms with Gasteiger partial charge in [-0.15, -0.1) is 0 Å². The summed E-state index contributed by atoms with van der Waals surface area (Å²) in [5.41, 5.74) is 1.22. The molecule has 6 nitrogen and oxygen atoms in total. The van der Waals surface area contributed by atoms with Gasteiger partial charge in [0.15, 0.2) is 0 Å². The molecule has 24 heavy (non-hydrogen) atoms. The fraction of sp³-hybridized carbons (Fsp3) is 0.389. The van der Waals surface area contributed by atoms with Gasteiger partial charge in [-0.25, -0.2) is 9.97 Å². The molecule has 0 bridgehead atoms. The van der Waals surface area contributed by atoms with Crippen LogP contribution in [0.3, 0.4) is 0 Å². The standard InChI is InChI=1S/C18H23N5O/c1-14(16-6-4-3-5-7-16)19-17-12-18(21-15(2)20-17)23-10-8-22(13-24)9-11-23/h3-7,12-14H,8-11H2,1-2H3,(H,19,20,21). The normalized spacial score (nSPS) is 15.9. The van der Waals surface area contributed by atoms with Gasteiger partial charge in [-0.05, 0) is 19.4 Å². The number of nitrogens with zero attached hydrogens (tertiary/aromatic N) is 4. The first-order chi connectivity index (χ1) is 11.7. The fourth-order valence-corrected chi connectivity index (χ4v) is 2.89. The molecule has 0 saturated carbocycles. The third-order valence-corrected chi connectivity index (χ3v) is 4.28. The van der Waals surface area contributed by atoms with Crippen LogP contribution < -0.4 is 10.2 Å². The zero-order valence-corrected chi connectivity index (χ0v) is 14.1. The third kappa shape index (κ3) is 3.82. The number of piperazine rings is 1. The van der Waals surface area contributed by atoms with E-state index in [0.717, 1.165) is 50.0 Å². The lowest BCUT2D eigenvalue weighted by Crippen LogP contribution is -2.46. The molecule has 1 aliphatic rings. The van der Waals surface area contributed by atoms with Crippen molar-refractivity contribution in [3.8, 4) is 0 Å². The van der Waals surface area contributed by atoms with Gasteiger partial charge in [0.25, 0.3) is 0 Å². The Hall–Kier alpha value is -2.63. The van der Waals surface area contributed by atoms with Crippen molar-refractivity contribution < 1.29 is 4.79 Å². The predicted octanol–water partition coefficient (Wildman–Crippen LogP) is 2.24. The molecule has 0 aliphatic carbocycles. The van der Waals surface area contributed by atoms with Gasteiger partial charge in [0, 0.05) is 38.3 Å². The SMILES string of the molecule is Cc1nc(NC(C)c2ccccc2)cc(N2CCN(C=O)CC2)n1. The molecule has 0 radical (unpaired) electrons. The highest BCUT2D eigenvalue weighted by atomic mass is 16.1. The molecule has 1 N–H and O–H groups in total. The lowest BCUT2D eigenvalue weighted by Gasteiger charge is -2.33. The highest BCUT2D eigenvalue weighted by molar-refractivity contribution is 5.52. The third-order valence-electron chi connectivity index (χ3n) is 4.28. The van der Waals surface area contributed by atoms with Crippen molar-refractivity contribution in [1.82, 2.24) is 14.9 Å². The molecule has 2 heterocycles. The molecule has 1 fully saturated rings. The van der Waals surface area contributed by atoms with Crippen LogP contribution in [-0.2, 0) is 4.79 Å². The first-order valence-corrected chi connectivity index (χ1v) is 8.27.